The van der Waals surface area contributed by atoms with Crippen molar-refractivity contribution >= 4 is 0 Å². The average Bonchev–Trinajstić information content (AvgIpc) is 1.97. The van der Waals surface area contributed by atoms with E-state index in [0.717, 1.165) is 13.0 Å². The van der Waals surface area contributed by atoms with Crippen LogP contribution in [0.1, 0.15) is 19.3 Å². The van der Waals surface area contributed by atoms with Gasteiger partial charge in [-0.3, -0.25) is 0 Å². The summed E-state index contributed by atoms with van der Waals surface area (Å²) in [5.41, 5.74) is 11.0. The highest BCUT2D eigenvalue weighted by Crippen LogP contribution is 1.98. The Labute approximate surface area is 69.7 Å². The highest BCUT2D eigenvalue weighted by molar-refractivity contribution is 4.61. The minimum atomic E-state index is 0.206. The Hall–Kier alpha value is -0.120. The van der Waals surface area contributed by atoms with Crippen molar-refractivity contribution in [3.8, 4) is 0 Å². The second-order valence-electron chi connectivity index (χ2n) is 3.29. The van der Waals surface area contributed by atoms with Crippen molar-refractivity contribution < 1.29 is 0 Å². The minimum absolute atomic E-state index is 0.206. The summed E-state index contributed by atoms with van der Waals surface area (Å²) in [4.78, 5) is 2.19. The fourth-order valence-corrected chi connectivity index (χ4v) is 0.952. The first-order valence-electron chi connectivity index (χ1n) is 4.27. The molecule has 0 aliphatic carbocycles. The fraction of sp³-hybridized carbons (Fsp3) is 1.00. The van der Waals surface area contributed by atoms with Gasteiger partial charge in [0.2, 0.25) is 0 Å². The van der Waals surface area contributed by atoms with Crippen molar-refractivity contribution in [2.75, 3.05) is 27.2 Å². The smallest absolute Gasteiger partial charge is 0.0163 e. The number of unbranched alkanes of at least 4 members (excludes halogenated alkanes) is 1. The van der Waals surface area contributed by atoms with Crippen molar-refractivity contribution in [3.63, 3.8) is 0 Å². The SMILES string of the molecule is CN(C)CCCC[C@H](N)CN. The molecule has 68 valence electrons. The summed E-state index contributed by atoms with van der Waals surface area (Å²) in [5.74, 6) is 0. The third kappa shape index (κ3) is 7.78. The van der Waals surface area contributed by atoms with E-state index in [1.807, 2.05) is 0 Å². The summed E-state index contributed by atoms with van der Waals surface area (Å²) < 4.78 is 0. The number of nitrogens with two attached hydrogens (primary N) is 2. The molecule has 3 heteroatoms. The topological polar surface area (TPSA) is 55.3 Å². The second-order valence-corrected chi connectivity index (χ2v) is 3.29. The standard InChI is InChI=1S/C8H21N3/c1-11(2)6-4-3-5-8(10)7-9/h8H,3-7,9-10H2,1-2H3/t8-/m0/s1. The molecule has 0 spiro atoms. The van der Waals surface area contributed by atoms with Crippen LogP contribution in [0.3, 0.4) is 0 Å². The molecule has 0 amide bonds. The molecule has 1 atom stereocenters. The lowest BCUT2D eigenvalue weighted by Crippen LogP contribution is -2.29. The summed E-state index contributed by atoms with van der Waals surface area (Å²) in [6, 6.07) is 0.206. The van der Waals surface area contributed by atoms with Crippen molar-refractivity contribution in [2.24, 2.45) is 11.5 Å². The molecule has 0 fully saturated rings. The van der Waals surface area contributed by atoms with Crippen molar-refractivity contribution in [3.05, 3.63) is 0 Å². The van der Waals surface area contributed by atoms with Gasteiger partial charge in [-0.25, -0.2) is 0 Å². The van der Waals surface area contributed by atoms with E-state index in [0.29, 0.717) is 6.54 Å². The average molecular weight is 159 g/mol. The molecular formula is C8H21N3. The number of hydrogen-bond acceptors (Lipinski definition) is 3. The first-order valence-corrected chi connectivity index (χ1v) is 4.27. The predicted molar refractivity (Wildman–Crippen MR) is 49.4 cm³/mol. The monoisotopic (exact) mass is 159 g/mol. The molecule has 0 radical (unpaired) electrons. The molecule has 3 nitrogen and oxygen atoms in total. The van der Waals surface area contributed by atoms with Gasteiger partial charge in [0.05, 0.1) is 0 Å². The van der Waals surface area contributed by atoms with Gasteiger partial charge in [0, 0.05) is 12.6 Å². The zero-order chi connectivity index (χ0) is 8.69. The number of rotatable bonds is 6. The van der Waals surface area contributed by atoms with Gasteiger partial charge in [0.15, 0.2) is 0 Å². The molecule has 0 saturated heterocycles. The van der Waals surface area contributed by atoms with E-state index in [1.54, 1.807) is 0 Å². The Morgan fingerprint density at radius 1 is 1.27 bits per heavy atom. The van der Waals surface area contributed by atoms with E-state index >= 15 is 0 Å². The van der Waals surface area contributed by atoms with Gasteiger partial charge in [0.1, 0.15) is 0 Å². The lowest BCUT2D eigenvalue weighted by atomic mass is 10.1. The largest absolute Gasteiger partial charge is 0.329 e. The molecule has 0 aliphatic rings. The minimum Gasteiger partial charge on any atom is -0.329 e. The van der Waals surface area contributed by atoms with E-state index in [9.17, 15) is 0 Å². The van der Waals surface area contributed by atoms with Gasteiger partial charge in [-0.2, -0.15) is 0 Å². The molecule has 0 aromatic carbocycles. The summed E-state index contributed by atoms with van der Waals surface area (Å²) in [5, 5.41) is 0. The molecule has 0 bridgehead atoms. The Balaban J connectivity index is 3.01. The van der Waals surface area contributed by atoms with Crippen molar-refractivity contribution in [1.82, 2.24) is 4.90 Å². The van der Waals surface area contributed by atoms with Crippen molar-refractivity contribution in [1.29, 1.82) is 0 Å². The Kier molecular flexibility index (Phi) is 6.51. The zero-order valence-corrected chi connectivity index (χ0v) is 7.71. The summed E-state index contributed by atoms with van der Waals surface area (Å²) in [7, 11) is 4.17. The summed E-state index contributed by atoms with van der Waals surface area (Å²) in [6.45, 7) is 1.76. The van der Waals surface area contributed by atoms with Crippen LogP contribution in [0.15, 0.2) is 0 Å². The van der Waals surface area contributed by atoms with E-state index < -0.39 is 0 Å². The van der Waals surface area contributed by atoms with E-state index in [-0.39, 0.29) is 6.04 Å². The van der Waals surface area contributed by atoms with Crippen LogP contribution in [0.2, 0.25) is 0 Å². The van der Waals surface area contributed by atoms with Crippen LogP contribution in [0.4, 0.5) is 0 Å². The number of nitrogens with zero attached hydrogens (tertiary/aromatic N) is 1. The molecule has 11 heavy (non-hydrogen) atoms. The molecule has 0 saturated carbocycles. The Morgan fingerprint density at radius 2 is 1.91 bits per heavy atom. The van der Waals surface area contributed by atoms with Gasteiger partial charge < -0.3 is 16.4 Å². The maximum atomic E-state index is 5.65. The lowest BCUT2D eigenvalue weighted by Gasteiger charge is -2.10. The molecule has 0 aliphatic heterocycles. The van der Waals surface area contributed by atoms with Gasteiger partial charge in [-0.1, -0.05) is 6.42 Å². The maximum Gasteiger partial charge on any atom is 0.0163 e. The third-order valence-electron chi connectivity index (χ3n) is 1.73. The summed E-state index contributed by atoms with van der Waals surface area (Å²) >= 11 is 0. The quantitative estimate of drug-likeness (QED) is 0.537. The van der Waals surface area contributed by atoms with E-state index in [1.165, 1.54) is 12.8 Å². The van der Waals surface area contributed by atoms with Crippen LogP contribution in [0, 0.1) is 0 Å². The van der Waals surface area contributed by atoms with Crippen LogP contribution < -0.4 is 11.5 Å². The molecule has 0 unspecified atom stereocenters. The maximum absolute atomic E-state index is 5.65. The number of hydrogen-bond donors (Lipinski definition) is 2. The summed E-state index contributed by atoms with van der Waals surface area (Å²) in [6.07, 6.45) is 3.47. The third-order valence-corrected chi connectivity index (χ3v) is 1.73. The van der Waals surface area contributed by atoms with Crippen LogP contribution in [0.25, 0.3) is 0 Å². The molecule has 0 aromatic rings. The second kappa shape index (κ2) is 6.58. The molecule has 0 rings (SSSR count). The lowest BCUT2D eigenvalue weighted by molar-refractivity contribution is 0.387. The van der Waals surface area contributed by atoms with Crippen LogP contribution >= 0.6 is 0 Å². The van der Waals surface area contributed by atoms with E-state index in [4.69, 9.17) is 11.5 Å². The molecular weight excluding hydrogens is 138 g/mol. The first-order chi connectivity index (χ1) is 5.16. The Morgan fingerprint density at radius 3 is 2.36 bits per heavy atom. The van der Waals surface area contributed by atoms with Gasteiger partial charge in [0.25, 0.3) is 0 Å². The Bertz CT molecular complexity index is 83.4. The highest BCUT2D eigenvalue weighted by Gasteiger charge is 1.98. The molecule has 0 heterocycles. The zero-order valence-electron chi connectivity index (χ0n) is 7.71. The normalized spacial score (nSPS) is 13.9. The van der Waals surface area contributed by atoms with Crippen LogP contribution in [0.5, 0.6) is 0 Å². The van der Waals surface area contributed by atoms with Gasteiger partial charge in [-0.15, -0.1) is 0 Å². The van der Waals surface area contributed by atoms with Gasteiger partial charge in [-0.05, 0) is 33.5 Å². The fourth-order valence-electron chi connectivity index (χ4n) is 0.952. The predicted octanol–water partition coefficient (Wildman–Crippen LogP) is 0.00430. The molecule has 0 aromatic heterocycles. The van der Waals surface area contributed by atoms with Crippen LogP contribution in [-0.4, -0.2) is 38.1 Å². The van der Waals surface area contributed by atoms with Crippen molar-refractivity contribution in [2.45, 2.75) is 25.3 Å². The highest BCUT2D eigenvalue weighted by atomic mass is 15.0. The molecule has 4 N–H and O–H groups in total. The van der Waals surface area contributed by atoms with Gasteiger partial charge >= 0.3 is 0 Å². The van der Waals surface area contributed by atoms with Crippen LogP contribution in [-0.2, 0) is 0 Å². The van der Waals surface area contributed by atoms with E-state index in [2.05, 4.69) is 19.0 Å². The first kappa shape index (κ1) is 10.9.